The number of nitrogens with two attached hydrogens (primary N) is 1. The molecular weight excluding hydrogens is 198 g/mol. The van der Waals surface area contributed by atoms with Crippen molar-refractivity contribution in [2.45, 2.75) is 19.4 Å². The van der Waals surface area contributed by atoms with Crippen LogP contribution in [0.25, 0.3) is 0 Å². The third kappa shape index (κ3) is 2.38. The Morgan fingerprint density at radius 3 is 2.60 bits per heavy atom. The lowest BCUT2D eigenvalue weighted by Crippen LogP contribution is -2.32. The Morgan fingerprint density at radius 1 is 1.47 bits per heavy atom. The first-order valence-corrected chi connectivity index (χ1v) is 4.42. The summed E-state index contributed by atoms with van der Waals surface area (Å²) >= 11 is 0. The van der Waals surface area contributed by atoms with E-state index in [0.717, 1.165) is 0 Å². The van der Waals surface area contributed by atoms with Gasteiger partial charge in [0.1, 0.15) is 17.5 Å². The number of carboxylic acid groups (broad SMARTS) is 1. The zero-order valence-electron chi connectivity index (χ0n) is 8.27. The standard InChI is InChI=1S/C10H13NO4/c1-5-8(12)3-2-6(9(5)13)4-7(11)10(14)15/h2-3,7,12-13H,4,11H2,1H3,(H,14,15). The average Bonchev–Trinajstić information content (AvgIpc) is 2.18. The monoisotopic (exact) mass is 211 g/mol. The number of phenols is 2. The van der Waals surface area contributed by atoms with Gasteiger partial charge in [0.05, 0.1) is 0 Å². The Kier molecular flexibility index (Phi) is 3.16. The van der Waals surface area contributed by atoms with Gasteiger partial charge in [0.25, 0.3) is 0 Å². The molecule has 82 valence electrons. The van der Waals surface area contributed by atoms with E-state index in [-0.39, 0.29) is 17.9 Å². The topological polar surface area (TPSA) is 104 Å². The number of aliphatic carboxylic acids is 1. The third-order valence-electron chi connectivity index (χ3n) is 2.24. The predicted octanol–water partition coefficient (Wildman–Crippen LogP) is 0.361. The maximum absolute atomic E-state index is 10.5. The van der Waals surface area contributed by atoms with Crippen molar-refractivity contribution in [3.8, 4) is 11.5 Å². The molecule has 0 saturated heterocycles. The molecule has 5 N–H and O–H groups in total. The van der Waals surface area contributed by atoms with Crippen LogP contribution in [-0.2, 0) is 11.2 Å². The molecule has 0 aliphatic heterocycles. The fourth-order valence-electron chi connectivity index (χ4n) is 1.23. The summed E-state index contributed by atoms with van der Waals surface area (Å²) in [4.78, 5) is 10.5. The molecule has 5 heteroatoms. The summed E-state index contributed by atoms with van der Waals surface area (Å²) in [7, 11) is 0. The van der Waals surface area contributed by atoms with E-state index in [0.29, 0.717) is 11.1 Å². The lowest BCUT2D eigenvalue weighted by molar-refractivity contribution is -0.138. The normalized spacial score (nSPS) is 12.4. The Balaban J connectivity index is 2.97. The summed E-state index contributed by atoms with van der Waals surface area (Å²) in [6.07, 6.45) is 0.0300. The number of phenolic OH excluding ortho intramolecular Hbond substituents is 2. The molecule has 0 aromatic heterocycles. The zero-order valence-corrected chi connectivity index (χ0v) is 8.27. The second-order valence-electron chi connectivity index (χ2n) is 3.37. The Morgan fingerprint density at radius 2 is 2.07 bits per heavy atom. The fourth-order valence-corrected chi connectivity index (χ4v) is 1.23. The van der Waals surface area contributed by atoms with Crippen molar-refractivity contribution in [3.63, 3.8) is 0 Å². The number of rotatable bonds is 3. The summed E-state index contributed by atoms with van der Waals surface area (Å²) < 4.78 is 0. The average molecular weight is 211 g/mol. The molecule has 15 heavy (non-hydrogen) atoms. The van der Waals surface area contributed by atoms with Crippen LogP contribution in [-0.4, -0.2) is 27.3 Å². The molecule has 5 nitrogen and oxygen atoms in total. The van der Waals surface area contributed by atoms with Crippen molar-refractivity contribution < 1.29 is 20.1 Å². The molecule has 1 atom stereocenters. The minimum absolute atomic E-state index is 0.0276. The molecule has 0 bridgehead atoms. The van der Waals surface area contributed by atoms with Crippen molar-refractivity contribution in [2.24, 2.45) is 5.73 Å². The highest BCUT2D eigenvalue weighted by molar-refractivity contribution is 5.73. The molecule has 0 aliphatic rings. The maximum Gasteiger partial charge on any atom is 0.320 e. The van der Waals surface area contributed by atoms with E-state index < -0.39 is 12.0 Å². The van der Waals surface area contributed by atoms with Crippen LogP contribution in [0.3, 0.4) is 0 Å². The predicted molar refractivity (Wildman–Crippen MR) is 53.8 cm³/mol. The van der Waals surface area contributed by atoms with Gasteiger partial charge < -0.3 is 21.1 Å². The molecule has 0 spiro atoms. The maximum atomic E-state index is 10.5. The van der Waals surface area contributed by atoms with Crippen molar-refractivity contribution in [1.29, 1.82) is 0 Å². The van der Waals surface area contributed by atoms with E-state index in [1.165, 1.54) is 12.1 Å². The number of hydrogen-bond donors (Lipinski definition) is 4. The lowest BCUT2D eigenvalue weighted by atomic mass is 10.0. The van der Waals surface area contributed by atoms with Crippen LogP contribution < -0.4 is 5.73 Å². The van der Waals surface area contributed by atoms with Crippen LogP contribution in [0.2, 0.25) is 0 Å². The number of hydrogen-bond acceptors (Lipinski definition) is 4. The van der Waals surface area contributed by atoms with E-state index in [4.69, 9.17) is 10.8 Å². The van der Waals surface area contributed by atoms with E-state index in [2.05, 4.69) is 0 Å². The molecule has 0 radical (unpaired) electrons. The zero-order chi connectivity index (χ0) is 11.6. The van der Waals surface area contributed by atoms with Gasteiger partial charge in [-0.1, -0.05) is 6.07 Å². The number of benzene rings is 1. The van der Waals surface area contributed by atoms with Crippen molar-refractivity contribution in [2.75, 3.05) is 0 Å². The molecule has 1 aromatic carbocycles. The van der Waals surface area contributed by atoms with Crippen molar-refractivity contribution in [1.82, 2.24) is 0 Å². The summed E-state index contributed by atoms with van der Waals surface area (Å²) in [5.74, 6) is -1.26. The third-order valence-corrected chi connectivity index (χ3v) is 2.24. The first-order valence-electron chi connectivity index (χ1n) is 4.42. The van der Waals surface area contributed by atoms with Crippen molar-refractivity contribution >= 4 is 5.97 Å². The van der Waals surface area contributed by atoms with Gasteiger partial charge in [0.15, 0.2) is 0 Å². The summed E-state index contributed by atoms with van der Waals surface area (Å²) in [5, 5.41) is 27.5. The van der Waals surface area contributed by atoms with Crippen LogP contribution in [0.15, 0.2) is 12.1 Å². The van der Waals surface area contributed by atoms with E-state index in [1.807, 2.05) is 0 Å². The van der Waals surface area contributed by atoms with Gasteiger partial charge in [-0.3, -0.25) is 4.79 Å². The van der Waals surface area contributed by atoms with Gasteiger partial charge in [0, 0.05) is 12.0 Å². The molecule has 1 rings (SSSR count). The Hall–Kier alpha value is -1.75. The number of aromatic hydroxyl groups is 2. The second kappa shape index (κ2) is 4.18. The van der Waals surface area contributed by atoms with Gasteiger partial charge in [-0.15, -0.1) is 0 Å². The molecule has 1 aromatic rings. The van der Waals surface area contributed by atoms with E-state index >= 15 is 0 Å². The van der Waals surface area contributed by atoms with Gasteiger partial charge in [-0.25, -0.2) is 0 Å². The first kappa shape index (κ1) is 11.3. The van der Waals surface area contributed by atoms with Gasteiger partial charge in [0.2, 0.25) is 0 Å². The SMILES string of the molecule is Cc1c(O)ccc(CC(N)C(=O)O)c1O. The number of carboxylic acids is 1. The van der Waals surface area contributed by atoms with Crippen LogP contribution in [0.4, 0.5) is 0 Å². The van der Waals surface area contributed by atoms with Crippen molar-refractivity contribution in [3.05, 3.63) is 23.3 Å². The lowest BCUT2D eigenvalue weighted by Gasteiger charge is -2.10. The van der Waals surface area contributed by atoms with Gasteiger partial charge >= 0.3 is 5.97 Å². The van der Waals surface area contributed by atoms with Crippen LogP contribution in [0, 0.1) is 6.92 Å². The Bertz CT molecular complexity index is 389. The molecule has 0 heterocycles. The Labute approximate surface area is 86.8 Å². The van der Waals surface area contributed by atoms with E-state index in [9.17, 15) is 15.0 Å². The van der Waals surface area contributed by atoms with Crippen LogP contribution >= 0.6 is 0 Å². The molecule has 0 saturated carbocycles. The number of carbonyl (C=O) groups is 1. The van der Waals surface area contributed by atoms with E-state index in [1.54, 1.807) is 6.92 Å². The largest absolute Gasteiger partial charge is 0.508 e. The molecular formula is C10H13NO4. The minimum atomic E-state index is -1.12. The molecule has 0 aliphatic carbocycles. The highest BCUT2D eigenvalue weighted by Gasteiger charge is 2.16. The van der Waals surface area contributed by atoms with Gasteiger partial charge in [-0.05, 0) is 18.6 Å². The summed E-state index contributed by atoms with van der Waals surface area (Å²) in [5.41, 5.74) is 6.07. The fraction of sp³-hybridized carbons (Fsp3) is 0.300. The molecule has 0 fully saturated rings. The summed E-state index contributed by atoms with van der Waals surface area (Å²) in [6.45, 7) is 1.54. The van der Waals surface area contributed by atoms with Crippen LogP contribution in [0.5, 0.6) is 11.5 Å². The summed E-state index contributed by atoms with van der Waals surface area (Å²) in [6, 6.07) is 1.80. The quantitative estimate of drug-likeness (QED) is 0.578. The first-order chi connectivity index (χ1) is 6.93. The minimum Gasteiger partial charge on any atom is -0.508 e. The highest BCUT2D eigenvalue weighted by Crippen LogP contribution is 2.29. The highest BCUT2D eigenvalue weighted by atomic mass is 16.4. The molecule has 1 unspecified atom stereocenters. The second-order valence-corrected chi connectivity index (χ2v) is 3.37. The molecule has 0 amide bonds. The van der Waals surface area contributed by atoms with Gasteiger partial charge in [-0.2, -0.15) is 0 Å². The smallest absolute Gasteiger partial charge is 0.320 e. The van der Waals surface area contributed by atoms with Crippen LogP contribution in [0.1, 0.15) is 11.1 Å².